The molecule has 0 saturated carbocycles. The monoisotopic (exact) mass is 314 g/mol. The van der Waals surface area contributed by atoms with Crippen LogP contribution in [0.5, 0.6) is 0 Å². The highest BCUT2D eigenvalue weighted by Crippen LogP contribution is 2.10. The van der Waals surface area contributed by atoms with Crippen LogP contribution in [0.1, 0.15) is 30.6 Å². The number of rotatable bonds is 9. The van der Waals surface area contributed by atoms with Gasteiger partial charge in [-0.25, -0.2) is 13.1 Å². The van der Waals surface area contributed by atoms with Gasteiger partial charge in [0.25, 0.3) is 5.91 Å². The van der Waals surface area contributed by atoms with Crippen LogP contribution in [0.25, 0.3) is 0 Å². The second-order valence-corrected chi connectivity index (χ2v) is 6.10. The summed E-state index contributed by atoms with van der Waals surface area (Å²) < 4.78 is 31.1. The summed E-state index contributed by atoms with van der Waals surface area (Å²) in [6, 6.07) is 5.85. The van der Waals surface area contributed by atoms with E-state index in [0.717, 1.165) is 6.42 Å². The van der Waals surface area contributed by atoms with Crippen molar-refractivity contribution in [2.24, 2.45) is 0 Å². The van der Waals surface area contributed by atoms with E-state index < -0.39 is 10.0 Å². The molecule has 0 heterocycles. The lowest BCUT2D eigenvalue weighted by molar-refractivity contribution is 0.0944. The van der Waals surface area contributed by atoms with Crippen molar-refractivity contribution < 1.29 is 17.9 Å². The molecule has 0 atom stereocenters. The molecule has 7 heteroatoms. The molecule has 1 aromatic rings. The van der Waals surface area contributed by atoms with Gasteiger partial charge in [-0.3, -0.25) is 4.79 Å². The number of ether oxygens (including phenoxy) is 1. The lowest BCUT2D eigenvalue weighted by Gasteiger charge is -2.07. The Labute approximate surface area is 125 Å². The van der Waals surface area contributed by atoms with Crippen LogP contribution >= 0.6 is 0 Å². The molecule has 2 N–H and O–H groups in total. The zero-order chi connectivity index (χ0) is 15.7. The molecule has 0 radical (unpaired) electrons. The first kappa shape index (κ1) is 17.6. The Hall–Kier alpha value is -1.44. The van der Waals surface area contributed by atoms with Crippen molar-refractivity contribution in [2.45, 2.75) is 25.2 Å². The topological polar surface area (TPSA) is 84.5 Å². The van der Waals surface area contributed by atoms with E-state index in [4.69, 9.17) is 4.74 Å². The number of carbonyl (C=O) groups is 1. The summed E-state index contributed by atoms with van der Waals surface area (Å²) in [7, 11) is -3.48. The Bertz CT molecular complexity index is 541. The Morgan fingerprint density at radius 3 is 2.43 bits per heavy atom. The molecule has 0 aliphatic rings. The van der Waals surface area contributed by atoms with Crippen molar-refractivity contribution in [3.05, 3.63) is 29.8 Å². The SMILES string of the molecule is CCNS(=O)(=O)c1ccc(C(=O)NCCCOCC)cc1. The van der Waals surface area contributed by atoms with Gasteiger partial charge in [0.2, 0.25) is 10.0 Å². The van der Waals surface area contributed by atoms with Crippen LogP contribution in [0, 0.1) is 0 Å². The van der Waals surface area contributed by atoms with Gasteiger partial charge in [0.05, 0.1) is 4.90 Å². The van der Waals surface area contributed by atoms with Crippen molar-refractivity contribution in [1.29, 1.82) is 0 Å². The fourth-order valence-electron chi connectivity index (χ4n) is 1.68. The highest BCUT2D eigenvalue weighted by Gasteiger charge is 2.13. The molecule has 0 spiro atoms. The van der Waals surface area contributed by atoms with Crippen molar-refractivity contribution in [3.63, 3.8) is 0 Å². The maximum atomic E-state index is 11.8. The summed E-state index contributed by atoms with van der Waals surface area (Å²) in [5.41, 5.74) is 0.432. The van der Waals surface area contributed by atoms with E-state index in [0.29, 0.717) is 31.9 Å². The van der Waals surface area contributed by atoms with Crippen LogP contribution in [-0.4, -0.2) is 40.6 Å². The third-order valence-electron chi connectivity index (χ3n) is 2.72. The minimum absolute atomic E-state index is 0.150. The number of sulfonamides is 1. The summed E-state index contributed by atoms with van der Waals surface area (Å²) in [5, 5.41) is 2.76. The van der Waals surface area contributed by atoms with Crippen LogP contribution < -0.4 is 10.0 Å². The van der Waals surface area contributed by atoms with Crippen LogP contribution in [0.15, 0.2) is 29.2 Å². The number of hydrogen-bond donors (Lipinski definition) is 2. The van der Waals surface area contributed by atoms with Crippen molar-refractivity contribution >= 4 is 15.9 Å². The lowest BCUT2D eigenvalue weighted by Crippen LogP contribution is -2.26. The Balaban J connectivity index is 2.55. The van der Waals surface area contributed by atoms with Crippen LogP contribution in [-0.2, 0) is 14.8 Å². The third-order valence-corrected chi connectivity index (χ3v) is 4.28. The van der Waals surface area contributed by atoms with Gasteiger partial charge < -0.3 is 10.1 Å². The minimum Gasteiger partial charge on any atom is -0.382 e. The molecule has 0 unspecified atom stereocenters. The van der Waals surface area contributed by atoms with E-state index in [-0.39, 0.29) is 10.8 Å². The second kappa shape index (κ2) is 8.76. The zero-order valence-corrected chi connectivity index (χ0v) is 13.2. The molecular formula is C14H22N2O4S. The molecule has 0 saturated heterocycles. The largest absolute Gasteiger partial charge is 0.382 e. The van der Waals surface area contributed by atoms with E-state index in [9.17, 15) is 13.2 Å². The molecular weight excluding hydrogens is 292 g/mol. The lowest BCUT2D eigenvalue weighted by atomic mass is 10.2. The predicted octanol–water partition coefficient (Wildman–Crippen LogP) is 1.14. The van der Waals surface area contributed by atoms with Gasteiger partial charge in [-0.05, 0) is 37.6 Å². The molecule has 118 valence electrons. The number of amides is 1. The number of carbonyl (C=O) groups excluding carboxylic acids is 1. The van der Waals surface area contributed by atoms with E-state index in [2.05, 4.69) is 10.0 Å². The Kier molecular flexibility index (Phi) is 7.35. The maximum absolute atomic E-state index is 11.8. The van der Waals surface area contributed by atoms with E-state index >= 15 is 0 Å². The van der Waals surface area contributed by atoms with Crippen LogP contribution in [0.2, 0.25) is 0 Å². The molecule has 1 rings (SSSR count). The van der Waals surface area contributed by atoms with E-state index in [1.165, 1.54) is 24.3 Å². The second-order valence-electron chi connectivity index (χ2n) is 4.33. The smallest absolute Gasteiger partial charge is 0.251 e. The predicted molar refractivity (Wildman–Crippen MR) is 80.7 cm³/mol. The number of nitrogens with one attached hydrogen (secondary N) is 2. The number of benzene rings is 1. The molecule has 0 bridgehead atoms. The summed E-state index contributed by atoms with van der Waals surface area (Å²) in [6.07, 6.45) is 0.743. The van der Waals surface area contributed by atoms with Gasteiger partial charge in [0, 0.05) is 31.9 Å². The minimum atomic E-state index is -3.48. The average molecular weight is 314 g/mol. The molecule has 6 nitrogen and oxygen atoms in total. The molecule has 1 aromatic carbocycles. The summed E-state index contributed by atoms with van der Waals surface area (Å²) in [6.45, 7) is 5.75. The van der Waals surface area contributed by atoms with Crippen molar-refractivity contribution in [1.82, 2.24) is 10.0 Å². The van der Waals surface area contributed by atoms with Gasteiger partial charge in [-0.2, -0.15) is 0 Å². The van der Waals surface area contributed by atoms with Crippen molar-refractivity contribution in [2.75, 3.05) is 26.3 Å². The first-order valence-electron chi connectivity index (χ1n) is 6.97. The highest BCUT2D eigenvalue weighted by atomic mass is 32.2. The van der Waals surface area contributed by atoms with Crippen molar-refractivity contribution in [3.8, 4) is 0 Å². The fourth-order valence-corrected chi connectivity index (χ4v) is 2.72. The summed E-state index contributed by atoms with van der Waals surface area (Å²) in [4.78, 5) is 12.0. The van der Waals surface area contributed by atoms with Gasteiger partial charge in [-0.1, -0.05) is 6.92 Å². The van der Waals surface area contributed by atoms with Gasteiger partial charge in [0.1, 0.15) is 0 Å². The molecule has 0 aromatic heterocycles. The first-order valence-corrected chi connectivity index (χ1v) is 8.45. The van der Waals surface area contributed by atoms with E-state index in [1.807, 2.05) is 6.92 Å². The Morgan fingerprint density at radius 2 is 1.86 bits per heavy atom. The molecule has 21 heavy (non-hydrogen) atoms. The quantitative estimate of drug-likeness (QED) is 0.670. The molecule has 0 fully saturated rings. The Morgan fingerprint density at radius 1 is 1.19 bits per heavy atom. The zero-order valence-electron chi connectivity index (χ0n) is 12.4. The maximum Gasteiger partial charge on any atom is 0.251 e. The first-order chi connectivity index (χ1) is 10.0. The van der Waals surface area contributed by atoms with Crippen LogP contribution in [0.3, 0.4) is 0 Å². The molecule has 1 amide bonds. The van der Waals surface area contributed by atoms with Gasteiger partial charge >= 0.3 is 0 Å². The van der Waals surface area contributed by atoms with Gasteiger partial charge in [0.15, 0.2) is 0 Å². The van der Waals surface area contributed by atoms with Gasteiger partial charge in [-0.15, -0.1) is 0 Å². The summed E-state index contributed by atoms with van der Waals surface area (Å²) >= 11 is 0. The van der Waals surface area contributed by atoms with Crippen LogP contribution in [0.4, 0.5) is 0 Å². The number of hydrogen-bond acceptors (Lipinski definition) is 4. The molecule has 0 aliphatic heterocycles. The fraction of sp³-hybridized carbons (Fsp3) is 0.500. The normalized spacial score (nSPS) is 11.3. The average Bonchev–Trinajstić information content (AvgIpc) is 2.47. The standard InChI is InChI=1S/C14H22N2O4S/c1-3-16-21(18,19)13-8-6-12(7-9-13)14(17)15-10-5-11-20-4-2/h6-9,16H,3-5,10-11H2,1-2H3,(H,15,17). The van der Waals surface area contributed by atoms with E-state index in [1.54, 1.807) is 6.92 Å². The highest BCUT2D eigenvalue weighted by molar-refractivity contribution is 7.89. The third kappa shape index (κ3) is 5.82. The summed E-state index contributed by atoms with van der Waals surface area (Å²) in [5.74, 6) is -0.223. The molecule has 0 aliphatic carbocycles.